The van der Waals surface area contributed by atoms with Gasteiger partial charge < -0.3 is 20.2 Å². The molecule has 7 heteroatoms. The smallest absolute Gasteiger partial charge is 0.323 e. The van der Waals surface area contributed by atoms with E-state index in [9.17, 15) is 9.59 Å². The molecule has 3 aromatic rings. The lowest BCUT2D eigenvalue weighted by Gasteiger charge is -2.21. The molecule has 1 aromatic carbocycles. The van der Waals surface area contributed by atoms with Crippen LogP contribution >= 0.6 is 0 Å². The predicted molar refractivity (Wildman–Crippen MR) is 92.6 cm³/mol. The number of aromatic nitrogens is 3. The number of hydrogen-bond donors (Lipinski definition) is 3. The Labute approximate surface area is 137 Å². The maximum Gasteiger partial charge on any atom is 0.323 e. The quantitative estimate of drug-likeness (QED) is 0.688. The summed E-state index contributed by atoms with van der Waals surface area (Å²) in [6.45, 7) is 1.88. The molecular weight excluding hydrogens is 306 g/mol. The van der Waals surface area contributed by atoms with Crippen LogP contribution in [0.15, 0.2) is 41.5 Å². The second-order valence-electron chi connectivity index (χ2n) is 5.88. The number of amides is 1. The molecular formula is C17H17N5O2. The lowest BCUT2D eigenvalue weighted by Crippen LogP contribution is -2.21. The molecule has 1 fully saturated rings. The normalized spacial score (nSPS) is 14.2. The van der Waals surface area contributed by atoms with Gasteiger partial charge in [-0.15, -0.1) is 0 Å². The third kappa shape index (κ3) is 2.64. The molecule has 4 rings (SSSR count). The molecule has 0 radical (unpaired) electrons. The molecule has 122 valence electrons. The minimum absolute atomic E-state index is 0.222. The van der Waals surface area contributed by atoms with Crippen molar-refractivity contribution >= 4 is 28.3 Å². The van der Waals surface area contributed by atoms with Crippen molar-refractivity contribution in [1.82, 2.24) is 15.0 Å². The molecule has 3 heterocycles. The van der Waals surface area contributed by atoms with Gasteiger partial charge in [0.15, 0.2) is 0 Å². The van der Waals surface area contributed by atoms with Gasteiger partial charge in [0.2, 0.25) is 0 Å². The number of hydrogen-bond acceptors (Lipinski definition) is 4. The van der Waals surface area contributed by atoms with Crippen molar-refractivity contribution in [2.24, 2.45) is 0 Å². The predicted octanol–water partition coefficient (Wildman–Crippen LogP) is 2.10. The number of carbonyl (C=O) groups is 1. The molecule has 0 spiro atoms. The van der Waals surface area contributed by atoms with Crippen molar-refractivity contribution in [2.45, 2.75) is 12.8 Å². The second kappa shape index (κ2) is 5.84. The van der Waals surface area contributed by atoms with Crippen molar-refractivity contribution in [3.05, 3.63) is 52.7 Å². The summed E-state index contributed by atoms with van der Waals surface area (Å²) in [4.78, 5) is 35.7. The van der Waals surface area contributed by atoms with Gasteiger partial charge in [-0.25, -0.2) is 4.79 Å². The van der Waals surface area contributed by atoms with Crippen LogP contribution in [0.5, 0.6) is 0 Å². The maximum absolute atomic E-state index is 12.5. The largest absolute Gasteiger partial charge is 0.370 e. The topological polar surface area (TPSA) is 93.9 Å². The zero-order chi connectivity index (χ0) is 16.5. The highest BCUT2D eigenvalue weighted by Gasteiger charge is 2.19. The summed E-state index contributed by atoms with van der Waals surface area (Å²) in [5.74, 6) is -0.222. The summed E-state index contributed by atoms with van der Waals surface area (Å²) in [5.41, 5.74) is 3.26. The van der Waals surface area contributed by atoms with Gasteiger partial charge in [0.1, 0.15) is 0 Å². The molecule has 2 aromatic heterocycles. The number of benzene rings is 1. The van der Waals surface area contributed by atoms with E-state index in [1.807, 2.05) is 6.07 Å². The number of pyridine rings is 1. The molecule has 3 N–H and O–H groups in total. The SMILES string of the molecule is O=C(Nc1cc2[nH]c(=O)[nH]c2cc1N1CCCC1)c1cccnc1. The number of carbonyl (C=O) groups excluding carboxylic acids is 1. The number of imidazole rings is 1. The highest BCUT2D eigenvalue weighted by Crippen LogP contribution is 2.32. The van der Waals surface area contributed by atoms with E-state index in [2.05, 4.69) is 25.2 Å². The fraction of sp³-hybridized carbons (Fsp3) is 0.235. The van der Waals surface area contributed by atoms with Crippen molar-refractivity contribution < 1.29 is 4.79 Å². The van der Waals surface area contributed by atoms with Crippen molar-refractivity contribution in [3.8, 4) is 0 Å². The zero-order valence-corrected chi connectivity index (χ0v) is 13.0. The molecule has 1 aliphatic heterocycles. The Morgan fingerprint density at radius 2 is 1.92 bits per heavy atom. The number of fused-ring (bicyclic) bond motifs is 1. The molecule has 0 atom stereocenters. The minimum atomic E-state index is -0.256. The van der Waals surface area contributed by atoms with Gasteiger partial charge in [-0.2, -0.15) is 0 Å². The van der Waals surface area contributed by atoms with Crippen LogP contribution in [0, 0.1) is 0 Å². The van der Waals surface area contributed by atoms with Gasteiger partial charge in [-0.1, -0.05) is 0 Å². The number of H-pyrrole nitrogens is 2. The first-order chi connectivity index (χ1) is 11.7. The van der Waals surface area contributed by atoms with Gasteiger partial charge in [-0.3, -0.25) is 9.78 Å². The first-order valence-electron chi connectivity index (χ1n) is 7.93. The van der Waals surface area contributed by atoms with E-state index in [0.29, 0.717) is 16.8 Å². The van der Waals surface area contributed by atoms with Crippen LogP contribution in [0.4, 0.5) is 11.4 Å². The number of nitrogens with zero attached hydrogens (tertiary/aromatic N) is 2. The molecule has 0 unspecified atom stereocenters. The van der Waals surface area contributed by atoms with Crippen LogP contribution in [0.2, 0.25) is 0 Å². The highest BCUT2D eigenvalue weighted by atomic mass is 16.2. The van der Waals surface area contributed by atoms with Crippen molar-refractivity contribution in [3.63, 3.8) is 0 Å². The summed E-state index contributed by atoms with van der Waals surface area (Å²) in [6.07, 6.45) is 5.40. The average Bonchev–Trinajstić information content (AvgIpc) is 3.23. The van der Waals surface area contributed by atoms with Crippen LogP contribution in [0.1, 0.15) is 23.2 Å². The molecule has 0 saturated carbocycles. The average molecular weight is 323 g/mol. The summed E-state index contributed by atoms with van der Waals surface area (Å²) in [5, 5.41) is 2.95. The maximum atomic E-state index is 12.5. The van der Waals surface area contributed by atoms with Crippen LogP contribution in [-0.2, 0) is 0 Å². The van der Waals surface area contributed by atoms with Crippen molar-refractivity contribution in [2.75, 3.05) is 23.3 Å². The fourth-order valence-electron chi connectivity index (χ4n) is 3.08. The van der Waals surface area contributed by atoms with E-state index in [-0.39, 0.29) is 11.6 Å². The summed E-state index contributed by atoms with van der Waals surface area (Å²) in [6, 6.07) is 7.16. The Balaban J connectivity index is 1.75. The molecule has 1 saturated heterocycles. The lowest BCUT2D eigenvalue weighted by atomic mass is 10.2. The Morgan fingerprint density at radius 3 is 2.62 bits per heavy atom. The van der Waals surface area contributed by atoms with Crippen molar-refractivity contribution in [1.29, 1.82) is 0 Å². The first-order valence-corrected chi connectivity index (χ1v) is 7.93. The number of nitrogens with one attached hydrogen (secondary N) is 3. The Hall–Kier alpha value is -3.09. The first kappa shape index (κ1) is 14.5. The second-order valence-corrected chi connectivity index (χ2v) is 5.88. The molecule has 0 aliphatic carbocycles. The molecule has 0 bridgehead atoms. The third-order valence-electron chi connectivity index (χ3n) is 4.25. The summed E-state index contributed by atoms with van der Waals surface area (Å²) < 4.78 is 0. The Kier molecular flexibility index (Phi) is 3.53. The number of rotatable bonds is 3. The van der Waals surface area contributed by atoms with Crippen LogP contribution < -0.4 is 15.9 Å². The van der Waals surface area contributed by atoms with E-state index in [1.165, 1.54) is 6.20 Å². The van der Waals surface area contributed by atoms with Gasteiger partial charge in [0, 0.05) is 25.5 Å². The standard InChI is InChI=1S/C17H17N5O2/c23-16(11-4-3-5-18-10-11)19-14-8-12-13(21-17(24)20-12)9-15(14)22-6-1-2-7-22/h3-5,8-10H,1-2,6-7H2,(H,19,23)(H2,20,21,24). The van der Waals surface area contributed by atoms with E-state index in [1.54, 1.807) is 24.4 Å². The van der Waals surface area contributed by atoms with Crippen LogP contribution in [0.3, 0.4) is 0 Å². The minimum Gasteiger partial charge on any atom is -0.370 e. The molecule has 1 amide bonds. The number of aromatic amines is 2. The molecule has 24 heavy (non-hydrogen) atoms. The molecule has 1 aliphatic rings. The van der Waals surface area contributed by atoms with Gasteiger partial charge >= 0.3 is 5.69 Å². The monoisotopic (exact) mass is 323 g/mol. The van der Waals surface area contributed by atoms with E-state index < -0.39 is 0 Å². The van der Waals surface area contributed by atoms with E-state index in [4.69, 9.17) is 0 Å². The zero-order valence-electron chi connectivity index (χ0n) is 13.0. The van der Waals surface area contributed by atoms with E-state index >= 15 is 0 Å². The van der Waals surface area contributed by atoms with E-state index in [0.717, 1.165) is 37.1 Å². The molecule has 7 nitrogen and oxygen atoms in total. The highest BCUT2D eigenvalue weighted by molar-refractivity contribution is 6.07. The Morgan fingerprint density at radius 1 is 1.17 bits per heavy atom. The van der Waals surface area contributed by atoms with Gasteiger partial charge in [-0.05, 0) is 37.1 Å². The summed E-state index contributed by atoms with van der Waals surface area (Å²) in [7, 11) is 0. The third-order valence-corrected chi connectivity index (χ3v) is 4.25. The Bertz CT molecular complexity index is 939. The number of anilines is 2. The van der Waals surface area contributed by atoms with Gasteiger partial charge in [0.05, 0.1) is 28.0 Å². The van der Waals surface area contributed by atoms with Crippen LogP contribution in [0.25, 0.3) is 11.0 Å². The van der Waals surface area contributed by atoms with Crippen LogP contribution in [-0.4, -0.2) is 33.9 Å². The fourth-order valence-corrected chi connectivity index (χ4v) is 3.08. The summed E-state index contributed by atoms with van der Waals surface area (Å²) >= 11 is 0. The lowest BCUT2D eigenvalue weighted by molar-refractivity contribution is 0.102. The van der Waals surface area contributed by atoms with Gasteiger partial charge in [0.25, 0.3) is 5.91 Å².